The van der Waals surface area contributed by atoms with Crippen LogP contribution >= 0.6 is 0 Å². The van der Waals surface area contributed by atoms with Gasteiger partial charge in [0.05, 0.1) is 12.1 Å². The molecule has 0 radical (unpaired) electrons. The van der Waals surface area contributed by atoms with Crippen LogP contribution in [0.25, 0.3) is 0 Å². The lowest BCUT2D eigenvalue weighted by atomic mass is 9.88. The summed E-state index contributed by atoms with van der Waals surface area (Å²) in [5.74, 6) is -0.152. The average Bonchev–Trinajstić information content (AvgIpc) is 2.66. The number of anilines is 2. The van der Waals surface area contributed by atoms with Crippen LogP contribution in [-0.4, -0.2) is 42.9 Å². The van der Waals surface area contributed by atoms with Gasteiger partial charge in [0.25, 0.3) is 5.91 Å². The van der Waals surface area contributed by atoms with Gasteiger partial charge in [0, 0.05) is 24.5 Å². The van der Waals surface area contributed by atoms with Crippen molar-refractivity contribution in [3.05, 3.63) is 54.3 Å². The number of ether oxygens (including phenoxy) is 1. The van der Waals surface area contributed by atoms with Gasteiger partial charge in [-0.05, 0) is 61.4 Å². The highest BCUT2D eigenvalue weighted by molar-refractivity contribution is 5.95. The molecule has 2 aromatic rings. The first-order valence-corrected chi connectivity index (χ1v) is 8.79. The molecule has 2 fully saturated rings. The van der Waals surface area contributed by atoms with E-state index in [1.165, 1.54) is 12.1 Å². The van der Waals surface area contributed by atoms with Crippen molar-refractivity contribution >= 4 is 17.3 Å². The maximum atomic E-state index is 13.2. The predicted molar refractivity (Wildman–Crippen MR) is 97.0 cm³/mol. The van der Waals surface area contributed by atoms with Gasteiger partial charge in [0.1, 0.15) is 18.2 Å². The first-order chi connectivity index (χ1) is 12.5. The number of hydrogen-bond acceptors (Lipinski definition) is 4. The Balaban J connectivity index is 1.47. The maximum Gasteiger partial charge on any atom is 0.253 e. The van der Waals surface area contributed by atoms with E-state index in [-0.39, 0.29) is 29.7 Å². The summed E-state index contributed by atoms with van der Waals surface area (Å²) in [6.45, 7) is 2.17. The van der Waals surface area contributed by atoms with E-state index in [0.717, 1.165) is 31.6 Å². The van der Waals surface area contributed by atoms with Crippen LogP contribution in [0.2, 0.25) is 0 Å². The fraction of sp³-hybridized carbons (Fsp3) is 0.350. The molecule has 0 aliphatic carbocycles. The van der Waals surface area contributed by atoms with Gasteiger partial charge in [0.2, 0.25) is 0 Å². The number of amides is 1. The first kappa shape index (κ1) is 16.8. The van der Waals surface area contributed by atoms with Crippen LogP contribution in [0.4, 0.5) is 15.8 Å². The van der Waals surface area contributed by atoms with Crippen LogP contribution in [-0.2, 0) is 9.53 Å². The van der Waals surface area contributed by atoms with Crippen molar-refractivity contribution in [2.75, 3.05) is 36.0 Å². The SMILES string of the molecule is O=C1COC2(CCN(c3ccc(O)cc3)CC2)CN1c1ccc(F)cc1. The van der Waals surface area contributed by atoms with Crippen molar-refractivity contribution in [2.45, 2.75) is 18.4 Å². The number of carbonyl (C=O) groups is 1. The van der Waals surface area contributed by atoms with E-state index >= 15 is 0 Å². The minimum absolute atomic E-state index is 0.0522. The Hall–Kier alpha value is -2.60. The summed E-state index contributed by atoms with van der Waals surface area (Å²) in [5.41, 5.74) is 1.41. The smallest absolute Gasteiger partial charge is 0.253 e. The monoisotopic (exact) mass is 356 g/mol. The van der Waals surface area contributed by atoms with Gasteiger partial charge in [-0.1, -0.05) is 0 Å². The second kappa shape index (κ2) is 6.61. The van der Waals surface area contributed by atoms with Crippen molar-refractivity contribution in [3.63, 3.8) is 0 Å². The molecular formula is C20H21FN2O3. The van der Waals surface area contributed by atoms with Crippen LogP contribution in [0.5, 0.6) is 5.75 Å². The quantitative estimate of drug-likeness (QED) is 0.899. The van der Waals surface area contributed by atoms with Crippen LogP contribution in [0.3, 0.4) is 0 Å². The zero-order chi connectivity index (χ0) is 18.1. The Morgan fingerprint density at radius 2 is 1.58 bits per heavy atom. The highest BCUT2D eigenvalue weighted by Crippen LogP contribution is 2.34. The molecule has 26 heavy (non-hydrogen) atoms. The highest BCUT2D eigenvalue weighted by atomic mass is 19.1. The minimum atomic E-state index is -0.365. The number of benzene rings is 2. The average molecular weight is 356 g/mol. The first-order valence-electron chi connectivity index (χ1n) is 8.79. The Morgan fingerprint density at radius 1 is 0.962 bits per heavy atom. The van der Waals surface area contributed by atoms with Gasteiger partial charge < -0.3 is 19.6 Å². The Labute approximate surface area is 151 Å². The number of carbonyl (C=O) groups excluding carboxylic acids is 1. The molecule has 136 valence electrons. The lowest BCUT2D eigenvalue weighted by Gasteiger charge is -2.47. The minimum Gasteiger partial charge on any atom is -0.508 e. The lowest BCUT2D eigenvalue weighted by molar-refractivity contribution is -0.141. The number of phenolic OH excluding ortho intramolecular Hbond substituents is 1. The second-order valence-electron chi connectivity index (χ2n) is 6.93. The molecule has 0 aromatic heterocycles. The van der Waals surface area contributed by atoms with E-state index < -0.39 is 0 Å². The molecule has 1 N–H and O–H groups in total. The molecule has 1 amide bonds. The standard InChI is InChI=1S/C20H21FN2O3/c21-15-1-3-17(4-2-15)23-14-20(26-13-19(23)25)9-11-22(12-10-20)16-5-7-18(24)8-6-16/h1-8,24H,9-14H2. The van der Waals surface area contributed by atoms with Gasteiger partial charge in [-0.3, -0.25) is 4.79 Å². The zero-order valence-corrected chi connectivity index (χ0v) is 14.4. The summed E-state index contributed by atoms with van der Waals surface area (Å²) in [6.07, 6.45) is 1.61. The van der Waals surface area contributed by atoms with Crippen LogP contribution in [0.1, 0.15) is 12.8 Å². The predicted octanol–water partition coefficient (Wildman–Crippen LogP) is 2.93. The molecule has 5 nitrogen and oxygen atoms in total. The molecule has 2 saturated heterocycles. The molecular weight excluding hydrogens is 335 g/mol. The van der Waals surface area contributed by atoms with Gasteiger partial charge >= 0.3 is 0 Å². The molecule has 2 aliphatic heterocycles. The van der Waals surface area contributed by atoms with Crippen molar-refractivity contribution in [2.24, 2.45) is 0 Å². The Morgan fingerprint density at radius 3 is 2.23 bits per heavy atom. The summed E-state index contributed by atoms with van der Waals surface area (Å²) in [7, 11) is 0. The third kappa shape index (κ3) is 3.24. The second-order valence-corrected chi connectivity index (χ2v) is 6.93. The number of rotatable bonds is 2. The number of piperidine rings is 1. The molecule has 0 unspecified atom stereocenters. The number of aromatic hydroxyl groups is 1. The van der Waals surface area contributed by atoms with Crippen molar-refractivity contribution in [1.29, 1.82) is 0 Å². The molecule has 2 heterocycles. The topological polar surface area (TPSA) is 53.0 Å². The molecule has 4 rings (SSSR count). The third-order valence-corrected chi connectivity index (χ3v) is 5.28. The molecule has 0 atom stereocenters. The van der Waals surface area contributed by atoms with Gasteiger partial charge in [-0.2, -0.15) is 0 Å². The number of hydrogen-bond donors (Lipinski definition) is 1. The van der Waals surface area contributed by atoms with Crippen LogP contribution in [0.15, 0.2) is 48.5 Å². The fourth-order valence-electron chi connectivity index (χ4n) is 3.71. The van der Waals surface area contributed by atoms with Crippen molar-refractivity contribution in [3.8, 4) is 5.75 Å². The summed E-state index contributed by atoms with van der Waals surface area (Å²) in [6, 6.07) is 13.2. The van der Waals surface area contributed by atoms with Gasteiger partial charge in [-0.25, -0.2) is 4.39 Å². The summed E-state index contributed by atoms with van der Waals surface area (Å²) < 4.78 is 19.1. The highest BCUT2D eigenvalue weighted by Gasteiger charge is 2.42. The molecule has 0 bridgehead atoms. The Bertz CT molecular complexity index is 784. The van der Waals surface area contributed by atoms with E-state index in [1.807, 2.05) is 12.1 Å². The summed E-state index contributed by atoms with van der Waals surface area (Å²) >= 11 is 0. The zero-order valence-electron chi connectivity index (χ0n) is 14.4. The number of morpholine rings is 1. The van der Waals surface area contributed by atoms with Gasteiger partial charge in [-0.15, -0.1) is 0 Å². The summed E-state index contributed by atoms with van der Waals surface area (Å²) in [4.78, 5) is 16.3. The van der Waals surface area contributed by atoms with Crippen molar-refractivity contribution < 1.29 is 19.0 Å². The van der Waals surface area contributed by atoms with E-state index in [4.69, 9.17) is 4.74 Å². The van der Waals surface area contributed by atoms with Gasteiger partial charge in [0.15, 0.2) is 0 Å². The largest absolute Gasteiger partial charge is 0.508 e. The normalized spacial score (nSPS) is 19.8. The Kier molecular flexibility index (Phi) is 4.28. The van der Waals surface area contributed by atoms with E-state index in [0.29, 0.717) is 12.2 Å². The number of phenols is 1. The van der Waals surface area contributed by atoms with E-state index in [9.17, 15) is 14.3 Å². The lowest BCUT2D eigenvalue weighted by Crippen LogP contribution is -2.59. The molecule has 2 aromatic carbocycles. The molecule has 6 heteroatoms. The maximum absolute atomic E-state index is 13.2. The van der Waals surface area contributed by atoms with Crippen LogP contribution < -0.4 is 9.80 Å². The molecule has 2 aliphatic rings. The van der Waals surface area contributed by atoms with Crippen molar-refractivity contribution in [1.82, 2.24) is 0 Å². The number of halogens is 1. The van der Waals surface area contributed by atoms with Crippen LogP contribution in [0, 0.1) is 5.82 Å². The summed E-state index contributed by atoms with van der Waals surface area (Å²) in [5, 5.41) is 9.43. The molecule has 1 spiro atoms. The van der Waals surface area contributed by atoms with E-state index in [2.05, 4.69) is 4.90 Å². The fourth-order valence-corrected chi connectivity index (χ4v) is 3.71. The molecule has 0 saturated carbocycles. The third-order valence-electron chi connectivity index (χ3n) is 5.28. The number of nitrogens with zero attached hydrogens (tertiary/aromatic N) is 2. The van der Waals surface area contributed by atoms with E-state index in [1.54, 1.807) is 29.2 Å².